The highest BCUT2D eigenvalue weighted by molar-refractivity contribution is 5.79. The van der Waals surface area contributed by atoms with E-state index in [4.69, 9.17) is 0 Å². The Bertz CT molecular complexity index is 526. The molecule has 96 valence electrons. The summed E-state index contributed by atoms with van der Waals surface area (Å²) in [6.45, 7) is 10.0. The Labute approximate surface area is 109 Å². The number of rotatable bonds is 3. The van der Waals surface area contributed by atoms with Gasteiger partial charge in [0.05, 0.1) is 5.52 Å². The molecule has 2 aromatic rings. The van der Waals surface area contributed by atoms with Crippen LogP contribution in [0.25, 0.3) is 10.9 Å². The lowest BCUT2D eigenvalue weighted by atomic mass is 9.82. The maximum Gasteiger partial charge on any atom is 0.126 e. The fraction of sp³-hybridized carbons (Fsp3) is 0.438. The van der Waals surface area contributed by atoms with Gasteiger partial charge in [-0.25, -0.2) is 4.98 Å². The lowest BCUT2D eigenvalue weighted by Crippen LogP contribution is -2.25. The summed E-state index contributed by atoms with van der Waals surface area (Å²) >= 11 is 0. The molecular weight excluding hydrogens is 220 g/mol. The van der Waals surface area contributed by atoms with Crippen LogP contribution >= 0.6 is 0 Å². The molecule has 0 fully saturated rings. The largest absolute Gasteiger partial charge is 0.370 e. The van der Waals surface area contributed by atoms with Crippen LogP contribution in [0, 0.1) is 11.3 Å². The average molecular weight is 242 g/mol. The van der Waals surface area contributed by atoms with E-state index < -0.39 is 0 Å². The lowest BCUT2D eigenvalue weighted by molar-refractivity contribution is 0.274. The summed E-state index contributed by atoms with van der Waals surface area (Å²) in [6.07, 6.45) is 0. The molecule has 1 N–H and O–H groups in total. The van der Waals surface area contributed by atoms with Gasteiger partial charge in [0.1, 0.15) is 5.82 Å². The molecule has 0 saturated heterocycles. The Morgan fingerprint density at radius 3 is 2.56 bits per heavy atom. The van der Waals surface area contributed by atoms with Gasteiger partial charge in [0, 0.05) is 11.9 Å². The second kappa shape index (κ2) is 4.97. The zero-order valence-electron chi connectivity index (χ0n) is 11.7. The van der Waals surface area contributed by atoms with E-state index in [1.807, 2.05) is 18.2 Å². The Morgan fingerprint density at radius 1 is 1.11 bits per heavy atom. The van der Waals surface area contributed by atoms with Crippen LogP contribution in [-0.2, 0) is 0 Å². The normalized spacial score (nSPS) is 13.6. The number of hydrogen-bond acceptors (Lipinski definition) is 2. The maximum absolute atomic E-state index is 4.62. The van der Waals surface area contributed by atoms with Crippen molar-refractivity contribution in [2.75, 3.05) is 11.9 Å². The van der Waals surface area contributed by atoms with Crippen molar-refractivity contribution in [3.05, 3.63) is 36.4 Å². The third-order valence-corrected chi connectivity index (χ3v) is 3.67. The number of para-hydroxylation sites is 1. The van der Waals surface area contributed by atoms with Crippen molar-refractivity contribution >= 4 is 16.7 Å². The van der Waals surface area contributed by atoms with Crippen LogP contribution in [0.1, 0.15) is 27.7 Å². The average Bonchev–Trinajstić information content (AvgIpc) is 2.34. The number of fused-ring (bicyclic) bond motifs is 1. The topological polar surface area (TPSA) is 24.9 Å². The Kier molecular flexibility index (Phi) is 3.55. The number of aromatic nitrogens is 1. The van der Waals surface area contributed by atoms with E-state index in [0.717, 1.165) is 17.9 Å². The van der Waals surface area contributed by atoms with Crippen molar-refractivity contribution in [2.24, 2.45) is 11.3 Å². The standard InChI is InChI=1S/C16H22N2/c1-12(16(2,3)4)11-17-15-10-9-13-7-5-6-8-14(13)18-15/h5-10,12H,11H2,1-4H3,(H,17,18). The second-order valence-electron chi connectivity index (χ2n) is 6.04. The minimum atomic E-state index is 0.323. The molecule has 0 radical (unpaired) electrons. The quantitative estimate of drug-likeness (QED) is 0.866. The van der Waals surface area contributed by atoms with E-state index in [9.17, 15) is 0 Å². The van der Waals surface area contributed by atoms with Crippen LogP contribution < -0.4 is 5.32 Å². The van der Waals surface area contributed by atoms with Crippen molar-refractivity contribution < 1.29 is 0 Å². The Morgan fingerprint density at radius 2 is 1.83 bits per heavy atom. The van der Waals surface area contributed by atoms with Gasteiger partial charge in [-0.05, 0) is 29.5 Å². The van der Waals surface area contributed by atoms with Gasteiger partial charge in [-0.1, -0.05) is 45.9 Å². The van der Waals surface area contributed by atoms with E-state index in [-0.39, 0.29) is 0 Å². The molecule has 0 aliphatic heterocycles. The third-order valence-electron chi connectivity index (χ3n) is 3.67. The summed E-state index contributed by atoms with van der Waals surface area (Å²) in [5.41, 5.74) is 1.37. The van der Waals surface area contributed by atoms with Crippen molar-refractivity contribution in [1.29, 1.82) is 0 Å². The van der Waals surface area contributed by atoms with Crippen LogP contribution in [-0.4, -0.2) is 11.5 Å². The van der Waals surface area contributed by atoms with Crippen molar-refractivity contribution in [2.45, 2.75) is 27.7 Å². The highest BCUT2D eigenvalue weighted by Crippen LogP contribution is 2.25. The molecule has 1 aromatic carbocycles. The Balaban J connectivity index is 2.08. The van der Waals surface area contributed by atoms with Crippen LogP contribution in [0.2, 0.25) is 0 Å². The molecule has 2 nitrogen and oxygen atoms in total. The van der Waals surface area contributed by atoms with Gasteiger partial charge in [-0.2, -0.15) is 0 Å². The van der Waals surface area contributed by atoms with Gasteiger partial charge in [-0.15, -0.1) is 0 Å². The van der Waals surface area contributed by atoms with E-state index in [2.05, 4.69) is 56.2 Å². The van der Waals surface area contributed by atoms with Gasteiger partial charge in [-0.3, -0.25) is 0 Å². The van der Waals surface area contributed by atoms with Crippen LogP contribution in [0.4, 0.5) is 5.82 Å². The molecule has 1 heterocycles. The van der Waals surface area contributed by atoms with Crippen molar-refractivity contribution in [1.82, 2.24) is 4.98 Å². The van der Waals surface area contributed by atoms with Gasteiger partial charge in [0.15, 0.2) is 0 Å². The first-order chi connectivity index (χ1) is 8.47. The fourth-order valence-corrected chi connectivity index (χ4v) is 1.73. The molecule has 0 saturated carbocycles. The zero-order valence-corrected chi connectivity index (χ0v) is 11.7. The number of pyridine rings is 1. The van der Waals surface area contributed by atoms with Crippen LogP contribution in [0.15, 0.2) is 36.4 Å². The van der Waals surface area contributed by atoms with Crippen molar-refractivity contribution in [3.8, 4) is 0 Å². The highest BCUT2D eigenvalue weighted by Gasteiger charge is 2.19. The number of anilines is 1. The van der Waals surface area contributed by atoms with E-state index in [0.29, 0.717) is 11.3 Å². The molecular formula is C16H22N2. The lowest BCUT2D eigenvalue weighted by Gasteiger charge is -2.27. The molecule has 0 aliphatic carbocycles. The predicted octanol–water partition coefficient (Wildman–Crippen LogP) is 4.33. The first-order valence-corrected chi connectivity index (χ1v) is 6.56. The molecule has 1 unspecified atom stereocenters. The van der Waals surface area contributed by atoms with Gasteiger partial charge >= 0.3 is 0 Å². The molecule has 2 rings (SSSR count). The van der Waals surface area contributed by atoms with E-state index in [1.165, 1.54) is 5.39 Å². The minimum Gasteiger partial charge on any atom is -0.370 e. The molecule has 2 heteroatoms. The van der Waals surface area contributed by atoms with E-state index in [1.54, 1.807) is 0 Å². The zero-order chi connectivity index (χ0) is 13.2. The smallest absolute Gasteiger partial charge is 0.126 e. The van der Waals surface area contributed by atoms with Crippen molar-refractivity contribution in [3.63, 3.8) is 0 Å². The van der Waals surface area contributed by atoms with Gasteiger partial charge < -0.3 is 5.32 Å². The van der Waals surface area contributed by atoms with Crippen LogP contribution in [0.5, 0.6) is 0 Å². The molecule has 1 aromatic heterocycles. The highest BCUT2D eigenvalue weighted by atomic mass is 15.0. The van der Waals surface area contributed by atoms with E-state index >= 15 is 0 Å². The summed E-state index contributed by atoms with van der Waals surface area (Å²) in [5, 5.41) is 4.62. The SMILES string of the molecule is CC(CNc1ccc2ccccc2n1)C(C)(C)C. The molecule has 0 bridgehead atoms. The molecule has 1 atom stereocenters. The molecule has 0 amide bonds. The van der Waals surface area contributed by atoms with Gasteiger partial charge in [0.2, 0.25) is 0 Å². The number of benzene rings is 1. The summed E-state index contributed by atoms with van der Waals surface area (Å²) in [6, 6.07) is 12.4. The monoisotopic (exact) mass is 242 g/mol. The number of nitrogens with one attached hydrogen (secondary N) is 1. The summed E-state index contributed by atoms with van der Waals surface area (Å²) < 4.78 is 0. The number of hydrogen-bond donors (Lipinski definition) is 1. The summed E-state index contributed by atoms with van der Waals surface area (Å²) in [5.74, 6) is 1.57. The third kappa shape index (κ3) is 3.00. The fourth-order valence-electron chi connectivity index (χ4n) is 1.73. The minimum absolute atomic E-state index is 0.323. The molecule has 0 spiro atoms. The predicted molar refractivity (Wildman–Crippen MR) is 78.9 cm³/mol. The Hall–Kier alpha value is -1.57. The first-order valence-electron chi connectivity index (χ1n) is 6.56. The molecule has 18 heavy (non-hydrogen) atoms. The van der Waals surface area contributed by atoms with Crippen LogP contribution in [0.3, 0.4) is 0 Å². The van der Waals surface area contributed by atoms with Gasteiger partial charge in [0.25, 0.3) is 0 Å². The summed E-state index contributed by atoms with van der Waals surface area (Å²) in [4.78, 5) is 4.62. The first kappa shape index (κ1) is 12.9. The maximum atomic E-state index is 4.62. The second-order valence-corrected chi connectivity index (χ2v) is 6.04. The number of nitrogens with zero attached hydrogens (tertiary/aromatic N) is 1. The molecule has 0 aliphatic rings. The summed E-state index contributed by atoms with van der Waals surface area (Å²) in [7, 11) is 0.